The summed E-state index contributed by atoms with van der Waals surface area (Å²) in [4.78, 5) is 22.8. The molecular formula is C27H24FNO5. The van der Waals surface area contributed by atoms with Crippen LogP contribution in [0.1, 0.15) is 51.9 Å². The lowest BCUT2D eigenvalue weighted by Crippen LogP contribution is -2.17. The van der Waals surface area contributed by atoms with Crippen LogP contribution in [0.4, 0.5) is 4.39 Å². The third-order valence-corrected chi connectivity index (χ3v) is 6.50. The number of carbonyl (C=O) groups is 2. The van der Waals surface area contributed by atoms with Crippen LogP contribution in [-0.4, -0.2) is 24.0 Å². The molecule has 7 heteroatoms. The molecule has 174 valence electrons. The molecule has 1 fully saturated rings. The van der Waals surface area contributed by atoms with Crippen molar-refractivity contribution >= 4 is 11.9 Å². The Kier molecular flexibility index (Phi) is 5.69. The lowest BCUT2D eigenvalue weighted by molar-refractivity contribution is -0.138. The molecule has 0 aliphatic heterocycles. The SMILES string of the molecule is CNC(=O)c1ccc(Oc2ccc(F)c3c2CC[C@H]3Oc2ccc([C@H]3C[C@@H]3C(=O)O)cc2)cc1. The van der Waals surface area contributed by atoms with E-state index in [4.69, 9.17) is 14.6 Å². The van der Waals surface area contributed by atoms with E-state index in [2.05, 4.69) is 5.32 Å². The molecule has 3 aromatic carbocycles. The predicted molar refractivity (Wildman–Crippen MR) is 123 cm³/mol. The van der Waals surface area contributed by atoms with Gasteiger partial charge in [0.15, 0.2) is 0 Å². The van der Waals surface area contributed by atoms with Crippen LogP contribution in [0.3, 0.4) is 0 Å². The molecule has 3 atom stereocenters. The van der Waals surface area contributed by atoms with Gasteiger partial charge in [-0.05, 0) is 79.3 Å². The summed E-state index contributed by atoms with van der Waals surface area (Å²) in [5, 5.41) is 11.7. The maximum absolute atomic E-state index is 14.8. The number of carboxylic acids is 1. The number of rotatable bonds is 7. The smallest absolute Gasteiger partial charge is 0.307 e. The number of hydrogen-bond acceptors (Lipinski definition) is 4. The summed E-state index contributed by atoms with van der Waals surface area (Å²) in [5.74, 6) is 0.218. The third kappa shape index (κ3) is 4.21. The molecule has 2 aliphatic rings. The van der Waals surface area contributed by atoms with E-state index in [9.17, 15) is 14.0 Å². The van der Waals surface area contributed by atoms with Gasteiger partial charge in [0.1, 0.15) is 29.2 Å². The molecule has 34 heavy (non-hydrogen) atoms. The molecule has 0 radical (unpaired) electrons. The Morgan fingerprint density at radius 3 is 2.35 bits per heavy atom. The number of carbonyl (C=O) groups excluding carboxylic acids is 1. The van der Waals surface area contributed by atoms with Crippen LogP contribution >= 0.6 is 0 Å². The second-order valence-corrected chi connectivity index (χ2v) is 8.64. The van der Waals surface area contributed by atoms with E-state index in [-0.39, 0.29) is 23.6 Å². The molecule has 0 aromatic heterocycles. The number of benzene rings is 3. The first-order valence-corrected chi connectivity index (χ1v) is 11.2. The predicted octanol–water partition coefficient (Wildman–Crippen LogP) is 5.23. The van der Waals surface area contributed by atoms with Gasteiger partial charge in [0.05, 0.1) is 5.92 Å². The maximum atomic E-state index is 14.8. The normalized spacial score (nSPS) is 20.4. The number of hydrogen-bond donors (Lipinski definition) is 2. The summed E-state index contributed by atoms with van der Waals surface area (Å²) < 4.78 is 26.9. The van der Waals surface area contributed by atoms with Crippen LogP contribution in [0.5, 0.6) is 17.2 Å². The first-order valence-electron chi connectivity index (χ1n) is 11.2. The van der Waals surface area contributed by atoms with Crippen LogP contribution in [-0.2, 0) is 11.2 Å². The molecule has 6 nitrogen and oxygen atoms in total. The molecule has 1 saturated carbocycles. The van der Waals surface area contributed by atoms with Crippen molar-refractivity contribution in [2.45, 2.75) is 31.3 Å². The fourth-order valence-corrected chi connectivity index (χ4v) is 4.60. The summed E-state index contributed by atoms with van der Waals surface area (Å²) in [6.45, 7) is 0. The minimum absolute atomic E-state index is 0.0568. The molecule has 2 aliphatic carbocycles. The Morgan fingerprint density at radius 2 is 1.71 bits per heavy atom. The summed E-state index contributed by atoms with van der Waals surface area (Å²) in [5.41, 5.74) is 2.78. The highest BCUT2D eigenvalue weighted by atomic mass is 19.1. The highest BCUT2D eigenvalue weighted by Gasteiger charge is 2.44. The summed E-state index contributed by atoms with van der Waals surface area (Å²) in [6.07, 6.45) is 1.46. The standard InChI is InChI=1S/C27H24FNO5/c1-29-26(30)16-4-8-17(9-5-16)33-23-13-11-22(28)25-19(23)10-12-24(25)34-18-6-2-15(3-7-18)20-14-21(20)27(31)32/h2-9,11,13,20-21,24H,10,12,14H2,1H3,(H,29,30)(H,31,32)/t20-,21+,24-/m1/s1. The zero-order chi connectivity index (χ0) is 23.8. The Bertz CT molecular complexity index is 1240. The Balaban J connectivity index is 1.31. The van der Waals surface area contributed by atoms with E-state index >= 15 is 0 Å². The van der Waals surface area contributed by atoms with Crippen molar-refractivity contribution in [2.24, 2.45) is 5.92 Å². The number of aliphatic carboxylic acids is 1. The van der Waals surface area contributed by atoms with E-state index in [1.54, 1.807) is 37.4 Å². The van der Waals surface area contributed by atoms with Crippen LogP contribution in [0, 0.1) is 11.7 Å². The molecule has 1 amide bonds. The van der Waals surface area contributed by atoms with Crippen molar-refractivity contribution in [3.63, 3.8) is 0 Å². The molecule has 2 N–H and O–H groups in total. The third-order valence-electron chi connectivity index (χ3n) is 6.50. The number of halogens is 1. The van der Waals surface area contributed by atoms with Crippen molar-refractivity contribution < 1.29 is 28.6 Å². The first kappa shape index (κ1) is 21.9. The van der Waals surface area contributed by atoms with Gasteiger partial charge in [-0.25, -0.2) is 4.39 Å². The van der Waals surface area contributed by atoms with Gasteiger partial charge in [-0.3, -0.25) is 9.59 Å². The van der Waals surface area contributed by atoms with E-state index in [1.165, 1.54) is 6.07 Å². The van der Waals surface area contributed by atoms with E-state index < -0.39 is 12.1 Å². The number of carboxylic acid groups (broad SMARTS) is 1. The molecule has 5 rings (SSSR count). The fourth-order valence-electron chi connectivity index (χ4n) is 4.60. The van der Waals surface area contributed by atoms with Gasteiger partial charge in [-0.1, -0.05) is 12.1 Å². The average Bonchev–Trinajstić information content (AvgIpc) is 3.55. The van der Waals surface area contributed by atoms with Gasteiger partial charge in [-0.2, -0.15) is 0 Å². The van der Waals surface area contributed by atoms with Crippen LogP contribution < -0.4 is 14.8 Å². The molecule has 0 heterocycles. The molecule has 0 saturated heterocycles. The highest BCUT2D eigenvalue weighted by molar-refractivity contribution is 5.94. The monoisotopic (exact) mass is 461 g/mol. The average molecular weight is 461 g/mol. The Labute approximate surface area is 196 Å². The second-order valence-electron chi connectivity index (χ2n) is 8.64. The van der Waals surface area contributed by atoms with Gasteiger partial charge in [0, 0.05) is 23.7 Å². The minimum Gasteiger partial charge on any atom is -0.486 e. The zero-order valence-electron chi connectivity index (χ0n) is 18.6. The van der Waals surface area contributed by atoms with Crippen LogP contribution in [0.25, 0.3) is 0 Å². The topological polar surface area (TPSA) is 84.9 Å². The maximum Gasteiger partial charge on any atom is 0.307 e. The number of nitrogens with one attached hydrogen (secondary N) is 1. The molecule has 3 aromatic rings. The van der Waals surface area contributed by atoms with E-state index in [0.717, 1.165) is 11.1 Å². The molecule has 0 unspecified atom stereocenters. The van der Waals surface area contributed by atoms with Gasteiger partial charge in [-0.15, -0.1) is 0 Å². The van der Waals surface area contributed by atoms with Gasteiger partial charge >= 0.3 is 5.97 Å². The summed E-state index contributed by atoms with van der Waals surface area (Å²) in [7, 11) is 1.57. The van der Waals surface area contributed by atoms with Crippen molar-refractivity contribution in [1.29, 1.82) is 0 Å². The number of fused-ring (bicyclic) bond motifs is 1. The lowest BCUT2D eigenvalue weighted by atomic mass is 10.1. The van der Waals surface area contributed by atoms with Crippen molar-refractivity contribution in [2.75, 3.05) is 7.05 Å². The fraction of sp³-hybridized carbons (Fsp3) is 0.259. The van der Waals surface area contributed by atoms with Gasteiger partial charge < -0.3 is 19.9 Å². The zero-order valence-corrected chi connectivity index (χ0v) is 18.6. The highest BCUT2D eigenvalue weighted by Crippen LogP contribution is 2.48. The van der Waals surface area contributed by atoms with Crippen LogP contribution in [0.2, 0.25) is 0 Å². The molecule has 0 spiro atoms. The quantitative estimate of drug-likeness (QED) is 0.503. The second kappa shape index (κ2) is 8.82. The lowest BCUT2D eigenvalue weighted by Gasteiger charge is -2.17. The van der Waals surface area contributed by atoms with Crippen molar-refractivity contribution in [1.82, 2.24) is 5.32 Å². The van der Waals surface area contributed by atoms with Crippen molar-refractivity contribution in [3.8, 4) is 17.2 Å². The number of amides is 1. The molecule has 0 bridgehead atoms. The Morgan fingerprint density at radius 1 is 1.00 bits per heavy atom. The van der Waals surface area contributed by atoms with Gasteiger partial charge in [0.25, 0.3) is 5.91 Å². The van der Waals surface area contributed by atoms with Crippen molar-refractivity contribution in [3.05, 3.63) is 88.7 Å². The van der Waals surface area contributed by atoms with Gasteiger partial charge in [0.2, 0.25) is 0 Å². The minimum atomic E-state index is -0.760. The number of ether oxygens (including phenoxy) is 2. The summed E-state index contributed by atoms with van der Waals surface area (Å²) in [6, 6.07) is 17.2. The van der Waals surface area contributed by atoms with E-state index in [1.807, 2.05) is 24.3 Å². The summed E-state index contributed by atoms with van der Waals surface area (Å²) >= 11 is 0. The molecular weight excluding hydrogens is 437 g/mol. The largest absolute Gasteiger partial charge is 0.486 e. The first-order chi connectivity index (χ1) is 16.4. The van der Waals surface area contributed by atoms with Crippen LogP contribution in [0.15, 0.2) is 60.7 Å². The Hall–Kier alpha value is -3.87. The van der Waals surface area contributed by atoms with E-state index in [0.29, 0.717) is 47.6 Å².